The third-order valence-electron chi connectivity index (χ3n) is 2.97. The summed E-state index contributed by atoms with van der Waals surface area (Å²) in [6, 6.07) is -1.19. The molecule has 1 aliphatic rings. The van der Waals surface area contributed by atoms with Crippen molar-refractivity contribution in [3.63, 3.8) is 0 Å². The molecule has 5 N–H and O–H groups in total. The number of likely N-dealkylation sites (tertiary alicyclic amines) is 1. The average molecular weight is 258 g/mol. The third-order valence-corrected chi connectivity index (χ3v) is 2.97. The van der Waals surface area contributed by atoms with E-state index in [2.05, 4.69) is 15.5 Å². The predicted molar refractivity (Wildman–Crippen MR) is 67.3 cm³/mol. The quantitative estimate of drug-likeness (QED) is 0.477. The van der Waals surface area contributed by atoms with E-state index < -0.39 is 12.0 Å². The van der Waals surface area contributed by atoms with Crippen LogP contribution in [0.15, 0.2) is 0 Å². The number of carboxylic acids is 1. The van der Waals surface area contributed by atoms with Gasteiger partial charge in [0.2, 0.25) is 0 Å². The number of carboxylic acid groups (broad SMARTS) is 1. The molecule has 7 heteroatoms. The molecule has 0 spiro atoms. The highest BCUT2D eigenvalue weighted by atomic mass is 16.4. The number of aliphatic carboxylic acids is 1. The minimum atomic E-state index is -1.05. The van der Waals surface area contributed by atoms with E-state index in [4.69, 9.17) is 10.8 Å². The standard InChI is InChI=1S/C11H22N4O3/c12-9(10(16)17)3-4-13-11(18)14-5-8-15-6-1-2-7-15/h9H,1-8,12H2,(H,16,17)(H2,13,14,18)/t9-/m0/s1. The number of amides is 2. The molecule has 2 amide bonds. The first-order valence-electron chi connectivity index (χ1n) is 6.32. The van der Waals surface area contributed by atoms with Crippen LogP contribution < -0.4 is 16.4 Å². The molecular formula is C11H22N4O3. The van der Waals surface area contributed by atoms with Gasteiger partial charge < -0.3 is 26.4 Å². The Morgan fingerprint density at radius 3 is 2.44 bits per heavy atom. The zero-order valence-corrected chi connectivity index (χ0v) is 10.5. The van der Waals surface area contributed by atoms with E-state index >= 15 is 0 Å². The molecule has 1 rings (SSSR count). The van der Waals surface area contributed by atoms with Crippen LogP contribution in [0.2, 0.25) is 0 Å². The molecule has 7 nitrogen and oxygen atoms in total. The lowest BCUT2D eigenvalue weighted by Crippen LogP contribution is -2.42. The first kappa shape index (κ1) is 14.7. The molecule has 1 aliphatic heterocycles. The Morgan fingerprint density at radius 2 is 1.83 bits per heavy atom. The molecule has 0 aliphatic carbocycles. The van der Waals surface area contributed by atoms with E-state index in [1.54, 1.807) is 0 Å². The van der Waals surface area contributed by atoms with Crippen LogP contribution in [0.25, 0.3) is 0 Å². The molecule has 0 aromatic rings. The number of carbonyl (C=O) groups is 2. The largest absolute Gasteiger partial charge is 0.480 e. The van der Waals surface area contributed by atoms with E-state index in [9.17, 15) is 9.59 Å². The Kier molecular flexibility index (Phi) is 6.45. The number of carbonyl (C=O) groups excluding carboxylic acids is 1. The zero-order valence-electron chi connectivity index (χ0n) is 10.5. The van der Waals surface area contributed by atoms with Gasteiger partial charge in [0, 0.05) is 19.6 Å². The Balaban J connectivity index is 1.98. The molecule has 0 aromatic heterocycles. The molecule has 104 valence electrons. The number of urea groups is 1. The molecular weight excluding hydrogens is 236 g/mol. The molecule has 1 saturated heterocycles. The number of hydrogen-bond donors (Lipinski definition) is 4. The number of rotatable bonds is 7. The van der Waals surface area contributed by atoms with Gasteiger partial charge >= 0.3 is 12.0 Å². The predicted octanol–water partition coefficient (Wildman–Crippen LogP) is -0.817. The van der Waals surface area contributed by atoms with Crippen molar-refractivity contribution in [2.45, 2.75) is 25.3 Å². The van der Waals surface area contributed by atoms with Crippen LogP contribution in [0.4, 0.5) is 4.79 Å². The number of nitrogens with one attached hydrogen (secondary N) is 2. The highest BCUT2D eigenvalue weighted by Gasteiger charge is 2.12. The monoisotopic (exact) mass is 258 g/mol. The maximum Gasteiger partial charge on any atom is 0.320 e. The van der Waals surface area contributed by atoms with Gasteiger partial charge in [-0.1, -0.05) is 0 Å². The van der Waals surface area contributed by atoms with E-state index in [1.807, 2.05) is 0 Å². The van der Waals surface area contributed by atoms with Gasteiger partial charge in [-0.3, -0.25) is 4.79 Å². The van der Waals surface area contributed by atoms with Crippen molar-refractivity contribution in [2.75, 3.05) is 32.7 Å². The van der Waals surface area contributed by atoms with Crippen LogP contribution in [0.5, 0.6) is 0 Å². The normalized spacial score (nSPS) is 17.4. The maximum absolute atomic E-state index is 11.3. The summed E-state index contributed by atoms with van der Waals surface area (Å²) in [5.74, 6) is -1.05. The zero-order chi connectivity index (χ0) is 13.4. The van der Waals surface area contributed by atoms with Gasteiger partial charge in [-0.25, -0.2) is 4.79 Å². The van der Waals surface area contributed by atoms with Crippen molar-refractivity contribution >= 4 is 12.0 Å². The van der Waals surface area contributed by atoms with Gasteiger partial charge in [-0.05, 0) is 32.4 Å². The van der Waals surface area contributed by atoms with E-state index in [-0.39, 0.29) is 19.0 Å². The van der Waals surface area contributed by atoms with Crippen LogP contribution in [-0.4, -0.2) is 60.8 Å². The molecule has 0 bridgehead atoms. The SMILES string of the molecule is N[C@@H](CCNC(=O)NCCN1CCCC1)C(=O)O. The second kappa shape index (κ2) is 7.88. The van der Waals surface area contributed by atoms with Crippen LogP contribution in [0.1, 0.15) is 19.3 Å². The molecule has 1 heterocycles. The van der Waals surface area contributed by atoms with Crippen molar-refractivity contribution in [1.82, 2.24) is 15.5 Å². The summed E-state index contributed by atoms with van der Waals surface area (Å²) < 4.78 is 0. The topological polar surface area (TPSA) is 108 Å². The minimum absolute atomic E-state index is 0.231. The van der Waals surface area contributed by atoms with Crippen LogP contribution >= 0.6 is 0 Å². The van der Waals surface area contributed by atoms with E-state index in [0.717, 1.165) is 19.6 Å². The van der Waals surface area contributed by atoms with Crippen molar-refractivity contribution in [3.05, 3.63) is 0 Å². The van der Waals surface area contributed by atoms with E-state index in [0.29, 0.717) is 6.54 Å². The fourth-order valence-electron chi connectivity index (χ4n) is 1.86. The van der Waals surface area contributed by atoms with Gasteiger partial charge in [0.15, 0.2) is 0 Å². The Labute approximate surface area is 107 Å². The van der Waals surface area contributed by atoms with Crippen LogP contribution in [0, 0.1) is 0 Å². The lowest BCUT2D eigenvalue weighted by molar-refractivity contribution is -0.138. The molecule has 18 heavy (non-hydrogen) atoms. The van der Waals surface area contributed by atoms with Crippen LogP contribution in [-0.2, 0) is 4.79 Å². The summed E-state index contributed by atoms with van der Waals surface area (Å²) in [5.41, 5.74) is 5.31. The Morgan fingerprint density at radius 1 is 1.22 bits per heavy atom. The molecule has 0 unspecified atom stereocenters. The van der Waals surface area contributed by atoms with Gasteiger partial charge in [0.25, 0.3) is 0 Å². The fraction of sp³-hybridized carbons (Fsp3) is 0.818. The van der Waals surface area contributed by atoms with Gasteiger partial charge in [0.1, 0.15) is 6.04 Å². The smallest absolute Gasteiger partial charge is 0.320 e. The lowest BCUT2D eigenvalue weighted by Gasteiger charge is -2.15. The van der Waals surface area contributed by atoms with Gasteiger partial charge in [-0.2, -0.15) is 0 Å². The second-order valence-corrected chi connectivity index (χ2v) is 4.46. The van der Waals surface area contributed by atoms with Crippen molar-refractivity contribution in [3.8, 4) is 0 Å². The van der Waals surface area contributed by atoms with Gasteiger partial charge in [-0.15, -0.1) is 0 Å². The Hall–Kier alpha value is -1.34. The summed E-state index contributed by atoms with van der Waals surface area (Å²) in [5, 5.41) is 13.9. The minimum Gasteiger partial charge on any atom is -0.480 e. The number of nitrogens with two attached hydrogens (primary N) is 1. The fourth-order valence-corrected chi connectivity index (χ4v) is 1.86. The summed E-state index contributed by atoms with van der Waals surface area (Å²) in [4.78, 5) is 24.1. The highest BCUT2D eigenvalue weighted by molar-refractivity contribution is 5.74. The summed E-state index contributed by atoms with van der Waals surface area (Å²) in [7, 11) is 0. The third kappa shape index (κ3) is 5.83. The summed E-state index contributed by atoms with van der Waals surface area (Å²) in [6.07, 6.45) is 2.70. The molecule has 0 saturated carbocycles. The first-order chi connectivity index (χ1) is 8.59. The van der Waals surface area contributed by atoms with Gasteiger partial charge in [0.05, 0.1) is 0 Å². The maximum atomic E-state index is 11.3. The molecule has 1 atom stereocenters. The lowest BCUT2D eigenvalue weighted by atomic mass is 10.2. The first-order valence-corrected chi connectivity index (χ1v) is 6.32. The van der Waals surface area contributed by atoms with Crippen molar-refractivity contribution in [2.24, 2.45) is 5.73 Å². The number of nitrogens with zero attached hydrogens (tertiary/aromatic N) is 1. The van der Waals surface area contributed by atoms with Crippen LogP contribution in [0.3, 0.4) is 0 Å². The summed E-state index contributed by atoms with van der Waals surface area (Å²) >= 11 is 0. The molecule has 0 aromatic carbocycles. The molecule has 0 radical (unpaired) electrons. The van der Waals surface area contributed by atoms with E-state index in [1.165, 1.54) is 12.8 Å². The number of hydrogen-bond acceptors (Lipinski definition) is 4. The second-order valence-electron chi connectivity index (χ2n) is 4.46. The average Bonchev–Trinajstić information content (AvgIpc) is 2.81. The Bertz CT molecular complexity index is 279. The van der Waals surface area contributed by atoms with Crippen molar-refractivity contribution < 1.29 is 14.7 Å². The summed E-state index contributed by atoms with van der Waals surface area (Å²) in [6.45, 7) is 3.95. The molecule has 1 fully saturated rings. The van der Waals surface area contributed by atoms with Crippen molar-refractivity contribution in [1.29, 1.82) is 0 Å². The highest BCUT2D eigenvalue weighted by Crippen LogP contribution is 2.05.